The van der Waals surface area contributed by atoms with Crippen LogP contribution in [0.5, 0.6) is 0 Å². The van der Waals surface area contributed by atoms with Gasteiger partial charge in [-0.15, -0.1) is 0 Å². The molecule has 0 atom stereocenters. The molecule has 1 aromatic heterocycles. The second kappa shape index (κ2) is 7.77. The van der Waals surface area contributed by atoms with Crippen molar-refractivity contribution in [3.8, 4) is 0 Å². The predicted molar refractivity (Wildman–Crippen MR) is 93.0 cm³/mol. The van der Waals surface area contributed by atoms with E-state index in [4.69, 9.17) is 0 Å². The summed E-state index contributed by atoms with van der Waals surface area (Å²) in [6.45, 7) is 0. The van der Waals surface area contributed by atoms with Gasteiger partial charge in [0.05, 0.1) is 6.42 Å². The van der Waals surface area contributed by atoms with Gasteiger partial charge in [0.1, 0.15) is 0 Å². The number of nitrogens with one attached hydrogen (secondary N) is 3. The maximum atomic E-state index is 13.1. The molecule has 3 aromatic rings. The van der Waals surface area contributed by atoms with Crippen molar-refractivity contribution >= 4 is 22.7 Å². The van der Waals surface area contributed by atoms with Crippen LogP contribution in [0.15, 0.2) is 48.7 Å². The molecule has 0 aliphatic rings. The molecule has 0 aliphatic heterocycles. The minimum atomic E-state index is -0.949. The molecule has 0 bridgehead atoms. The predicted octanol–water partition coefficient (Wildman–Crippen LogP) is 2.77. The first-order valence-electron chi connectivity index (χ1n) is 8.09. The number of hydrazine groups is 1. The Labute approximate surface area is 148 Å². The number of benzene rings is 2. The monoisotopic (exact) mass is 357 g/mol. The number of carbonyl (C=O) groups excluding carboxylic acids is 2. The van der Waals surface area contributed by atoms with Crippen LogP contribution in [0.3, 0.4) is 0 Å². The van der Waals surface area contributed by atoms with Crippen LogP contribution in [0.1, 0.15) is 17.5 Å². The molecule has 5 nitrogen and oxygen atoms in total. The third kappa shape index (κ3) is 4.24. The Kier molecular flexibility index (Phi) is 5.26. The smallest absolute Gasteiger partial charge is 0.242 e. The topological polar surface area (TPSA) is 74.0 Å². The normalized spacial score (nSPS) is 10.7. The van der Waals surface area contributed by atoms with Crippen molar-refractivity contribution in [2.45, 2.75) is 19.3 Å². The number of carbonyl (C=O) groups is 2. The van der Waals surface area contributed by atoms with Gasteiger partial charge in [0.15, 0.2) is 11.6 Å². The van der Waals surface area contributed by atoms with Crippen LogP contribution in [-0.4, -0.2) is 16.8 Å². The molecular weight excluding hydrogens is 340 g/mol. The van der Waals surface area contributed by atoms with Gasteiger partial charge in [-0.3, -0.25) is 20.4 Å². The zero-order chi connectivity index (χ0) is 18.5. The largest absolute Gasteiger partial charge is 0.361 e. The summed E-state index contributed by atoms with van der Waals surface area (Å²) in [4.78, 5) is 26.9. The average Bonchev–Trinajstić information content (AvgIpc) is 3.04. The minimum absolute atomic E-state index is 0.0401. The van der Waals surface area contributed by atoms with Crippen LogP contribution in [-0.2, 0) is 22.4 Å². The number of amides is 2. The lowest BCUT2D eigenvalue weighted by Crippen LogP contribution is -2.42. The standard InChI is InChI=1S/C19H17F2N3O2/c20-15-7-5-12(9-16(15)21)6-8-18(25)23-24-19(26)10-13-11-22-17-4-2-1-3-14(13)17/h1-5,7,9,11,22H,6,8,10H2,(H,23,25)(H,24,26). The summed E-state index contributed by atoms with van der Waals surface area (Å²) in [5.41, 5.74) is 6.95. The second-order valence-corrected chi connectivity index (χ2v) is 5.88. The number of rotatable bonds is 5. The summed E-state index contributed by atoms with van der Waals surface area (Å²) in [5, 5.41) is 0.951. The molecule has 134 valence electrons. The minimum Gasteiger partial charge on any atom is -0.361 e. The highest BCUT2D eigenvalue weighted by atomic mass is 19.2. The molecule has 7 heteroatoms. The Bertz CT molecular complexity index is 953. The third-order valence-corrected chi connectivity index (χ3v) is 3.99. The molecule has 3 N–H and O–H groups in total. The van der Waals surface area contributed by atoms with Crippen molar-refractivity contribution in [3.63, 3.8) is 0 Å². The number of aromatic nitrogens is 1. The maximum absolute atomic E-state index is 13.1. The van der Waals surface area contributed by atoms with Gasteiger partial charge in [0.25, 0.3) is 0 Å². The lowest BCUT2D eigenvalue weighted by Gasteiger charge is -2.07. The Hall–Kier alpha value is -3.22. The highest BCUT2D eigenvalue weighted by Gasteiger charge is 2.10. The van der Waals surface area contributed by atoms with Gasteiger partial charge >= 0.3 is 0 Å². The fraction of sp³-hybridized carbons (Fsp3) is 0.158. The summed E-state index contributed by atoms with van der Waals surface area (Å²) in [5.74, 6) is -2.64. The Morgan fingerprint density at radius 2 is 1.73 bits per heavy atom. The van der Waals surface area contributed by atoms with E-state index in [2.05, 4.69) is 15.8 Å². The van der Waals surface area contributed by atoms with Crippen molar-refractivity contribution in [1.29, 1.82) is 0 Å². The lowest BCUT2D eigenvalue weighted by molar-refractivity contribution is -0.128. The van der Waals surface area contributed by atoms with E-state index >= 15 is 0 Å². The fourth-order valence-corrected chi connectivity index (χ4v) is 2.65. The summed E-state index contributed by atoms with van der Waals surface area (Å²) in [7, 11) is 0. The van der Waals surface area contributed by atoms with Gasteiger partial charge in [0, 0.05) is 23.5 Å². The number of aryl methyl sites for hydroxylation is 1. The first kappa shape index (κ1) is 17.6. The van der Waals surface area contributed by atoms with Gasteiger partial charge in [-0.05, 0) is 35.7 Å². The van der Waals surface area contributed by atoms with Crippen LogP contribution in [0, 0.1) is 11.6 Å². The fourth-order valence-electron chi connectivity index (χ4n) is 2.65. The molecule has 2 amide bonds. The second-order valence-electron chi connectivity index (χ2n) is 5.88. The summed E-state index contributed by atoms with van der Waals surface area (Å²) >= 11 is 0. The molecule has 0 unspecified atom stereocenters. The average molecular weight is 357 g/mol. The van der Waals surface area contributed by atoms with Gasteiger partial charge in [-0.1, -0.05) is 24.3 Å². The van der Waals surface area contributed by atoms with Crippen molar-refractivity contribution in [2.75, 3.05) is 0 Å². The van der Waals surface area contributed by atoms with Crippen LogP contribution in [0.25, 0.3) is 10.9 Å². The van der Waals surface area contributed by atoms with Gasteiger partial charge < -0.3 is 4.98 Å². The molecule has 26 heavy (non-hydrogen) atoms. The Morgan fingerprint density at radius 1 is 0.962 bits per heavy atom. The number of aromatic amines is 1. The van der Waals surface area contributed by atoms with Crippen molar-refractivity contribution in [2.24, 2.45) is 0 Å². The molecule has 0 radical (unpaired) electrons. The SMILES string of the molecule is O=C(CCc1ccc(F)c(F)c1)NNC(=O)Cc1c[nH]c2ccccc12. The Balaban J connectivity index is 1.46. The summed E-state index contributed by atoms with van der Waals surface area (Å²) < 4.78 is 26.0. The number of para-hydroxylation sites is 1. The molecule has 3 rings (SSSR count). The van der Waals surface area contributed by atoms with E-state index in [0.29, 0.717) is 5.56 Å². The molecule has 1 heterocycles. The van der Waals surface area contributed by atoms with Crippen molar-refractivity contribution in [3.05, 3.63) is 71.4 Å². The number of H-pyrrole nitrogens is 1. The van der Waals surface area contributed by atoms with Gasteiger partial charge in [-0.2, -0.15) is 0 Å². The molecule has 0 fully saturated rings. The molecular formula is C19H17F2N3O2. The molecule has 0 saturated heterocycles. The van der Waals surface area contributed by atoms with Crippen LogP contribution < -0.4 is 10.9 Å². The summed E-state index contributed by atoms with van der Waals surface area (Å²) in [6, 6.07) is 11.1. The number of hydrogen-bond acceptors (Lipinski definition) is 2. The highest BCUT2D eigenvalue weighted by molar-refractivity contribution is 5.89. The summed E-state index contributed by atoms with van der Waals surface area (Å²) in [6.07, 6.45) is 2.16. The molecule has 0 spiro atoms. The molecule has 2 aromatic carbocycles. The van der Waals surface area contributed by atoms with Crippen LogP contribution >= 0.6 is 0 Å². The van der Waals surface area contributed by atoms with Crippen LogP contribution in [0.4, 0.5) is 8.78 Å². The van der Waals surface area contributed by atoms with Crippen molar-refractivity contribution < 1.29 is 18.4 Å². The van der Waals surface area contributed by atoms with E-state index in [9.17, 15) is 18.4 Å². The maximum Gasteiger partial charge on any atom is 0.242 e. The zero-order valence-electron chi connectivity index (χ0n) is 13.8. The van der Waals surface area contributed by atoms with E-state index in [-0.39, 0.29) is 25.2 Å². The first-order chi connectivity index (χ1) is 12.5. The van der Waals surface area contributed by atoms with E-state index in [1.807, 2.05) is 24.3 Å². The highest BCUT2D eigenvalue weighted by Crippen LogP contribution is 2.17. The first-order valence-corrected chi connectivity index (χ1v) is 8.09. The molecule has 0 aliphatic carbocycles. The van der Waals surface area contributed by atoms with E-state index in [0.717, 1.165) is 28.6 Å². The number of fused-ring (bicyclic) bond motifs is 1. The number of hydrogen-bond donors (Lipinski definition) is 3. The van der Waals surface area contributed by atoms with Gasteiger partial charge in [-0.25, -0.2) is 8.78 Å². The third-order valence-electron chi connectivity index (χ3n) is 3.99. The van der Waals surface area contributed by atoms with Gasteiger partial charge in [0.2, 0.25) is 11.8 Å². The quantitative estimate of drug-likeness (QED) is 0.614. The van der Waals surface area contributed by atoms with E-state index in [1.54, 1.807) is 6.20 Å². The number of halogens is 2. The van der Waals surface area contributed by atoms with Crippen LogP contribution in [0.2, 0.25) is 0 Å². The zero-order valence-corrected chi connectivity index (χ0v) is 13.8. The van der Waals surface area contributed by atoms with E-state index < -0.39 is 17.5 Å². The molecule has 0 saturated carbocycles. The van der Waals surface area contributed by atoms with Crippen molar-refractivity contribution in [1.82, 2.24) is 15.8 Å². The Morgan fingerprint density at radius 3 is 2.54 bits per heavy atom. The lowest BCUT2D eigenvalue weighted by atomic mass is 10.1. The van der Waals surface area contributed by atoms with E-state index in [1.165, 1.54) is 6.07 Å².